The first-order chi connectivity index (χ1) is 11.8. The Morgan fingerprint density at radius 2 is 1.20 bits per heavy atom. The summed E-state index contributed by atoms with van der Waals surface area (Å²) in [7, 11) is 0. The third-order valence-electron chi connectivity index (χ3n) is 3.28. The van der Waals surface area contributed by atoms with Crippen molar-refractivity contribution in [2.45, 2.75) is 6.18 Å². The molecule has 0 heterocycles. The zero-order valence-electron chi connectivity index (χ0n) is 12.9. The molecule has 0 saturated carbocycles. The van der Waals surface area contributed by atoms with Crippen LogP contribution in [0.25, 0.3) is 0 Å². The fourth-order valence-electron chi connectivity index (χ4n) is 1.97. The molecule has 8 heteroatoms. The van der Waals surface area contributed by atoms with Crippen LogP contribution in [-0.4, -0.2) is 24.9 Å². The minimum atomic E-state index is -4.44. The summed E-state index contributed by atoms with van der Waals surface area (Å²) in [4.78, 5) is 23.7. The van der Waals surface area contributed by atoms with E-state index in [2.05, 4.69) is 33.2 Å². The van der Waals surface area contributed by atoms with Gasteiger partial charge in [0.2, 0.25) is 0 Å². The van der Waals surface area contributed by atoms with E-state index in [1.54, 1.807) is 12.1 Å². The largest absolute Gasteiger partial charge is 0.416 e. The van der Waals surface area contributed by atoms with Gasteiger partial charge >= 0.3 is 6.18 Å². The van der Waals surface area contributed by atoms with Crippen LogP contribution in [0.1, 0.15) is 26.3 Å². The summed E-state index contributed by atoms with van der Waals surface area (Å²) in [5, 5.41) is 5.19. The molecule has 0 bridgehead atoms. The van der Waals surface area contributed by atoms with E-state index in [1.165, 1.54) is 0 Å². The lowest BCUT2D eigenvalue weighted by Gasteiger charge is -2.09. The van der Waals surface area contributed by atoms with Gasteiger partial charge in [0, 0.05) is 27.8 Å². The number of halogens is 4. The molecule has 2 rings (SSSR count). The SMILES string of the molecule is O=C(NCCNC(=O)c1ccc(C(F)(F)F)cc1)c1ccc(I)cc1. The molecule has 2 N–H and O–H groups in total. The highest BCUT2D eigenvalue weighted by atomic mass is 127. The average molecular weight is 462 g/mol. The number of carbonyl (C=O) groups excluding carboxylic acids is 2. The maximum absolute atomic E-state index is 12.5. The fourth-order valence-corrected chi connectivity index (χ4v) is 2.33. The van der Waals surface area contributed by atoms with Crippen LogP contribution in [0.15, 0.2) is 48.5 Å². The lowest BCUT2D eigenvalue weighted by Crippen LogP contribution is -2.34. The van der Waals surface area contributed by atoms with E-state index in [0.717, 1.165) is 27.8 Å². The molecule has 25 heavy (non-hydrogen) atoms. The summed E-state index contributed by atoms with van der Waals surface area (Å²) in [6.07, 6.45) is -4.44. The van der Waals surface area contributed by atoms with Gasteiger partial charge < -0.3 is 10.6 Å². The van der Waals surface area contributed by atoms with Crippen molar-refractivity contribution in [2.75, 3.05) is 13.1 Å². The van der Waals surface area contributed by atoms with Gasteiger partial charge in [-0.2, -0.15) is 13.2 Å². The maximum Gasteiger partial charge on any atom is 0.416 e. The molecule has 0 saturated heterocycles. The standard InChI is InChI=1S/C17H14F3IN2O2/c18-17(19,20)13-5-1-11(2-6-13)15(24)22-9-10-23-16(25)12-3-7-14(21)8-4-12/h1-8H,9-10H2,(H,22,24)(H,23,25). The second-order valence-corrected chi connectivity index (χ2v) is 6.34. The summed E-state index contributed by atoms with van der Waals surface area (Å²) in [6, 6.07) is 10.9. The Labute approximate surface area is 155 Å². The van der Waals surface area contributed by atoms with Gasteiger partial charge in [-0.15, -0.1) is 0 Å². The zero-order valence-corrected chi connectivity index (χ0v) is 15.0. The van der Waals surface area contributed by atoms with Crippen molar-refractivity contribution in [1.82, 2.24) is 10.6 Å². The van der Waals surface area contributed by atoms with Crippen molar-refractivity contribution >= 4 is 34.4 Å². The van der Waals surface area contributed by atoms with Crippen molar-refractivity contribution in [3.8, 4) is 0 Å². The molecule has 0 aromatic heterocycles. The van der Waals surface area contributed by atoms with Gasteiger partial charge in [-0.3, -0.25) is 9.59 Å². The first-order valence-corrected chi connectivity index (χ1v) is 8.34. The van der Waals surface area contributed by atoms with Crippen LogP contribution in [0.2, 0.25) is 0 Å². The zero-order chi connectivity index (χ0) is 18.4. The summed E-state index contributed by atoms with van der Waals surface area (Å²) in [6.45, 7) is 0.368. The number of hydrogen-bond acceptors (Lipinski definition) is 2. The van der Waals surface area contributed by atoms with Crippen molar-refractivity contribution < 1.29 is 22.8 Å². The van der Waals surface area contributed by atoms with Gasteiger partial charge in [-0.1, -0.05) is 0 Å². The Bertz CT molecular complexity index is 744. The maximum atomic E-state index is 12.5. The van der Waals surface area contributed by atoms with E-state index in [-0.39, 0.29) is 24.6 Å². The quantitative estimate of drug-likeness (QED) is 0.529. The second kappa shape index (κ2) is 8.32. The Kier molecular flexibility index (Phi) is 6.40. The van der Waals surface area contributed by atoms with Gasteiger partial charge in [-0.25, -0.2) is 0 Å². The predicted octanol–water partition coefficient (Wildman–Crippen LogP) is 3.47. The Morgan fingerprint density at radius 1 is 0.800 bits per heavy atom. The molecular formula is C17H14F3IN2O2. The Morgan fingerprint density at radius 3 is 1.60 bits per heavy atom. The van der Waals surface area contributed by atoms with Crippen molar-refractivity contribution in [3.63, 3.8) is 0 Å². The van der Waals surface area contributed by atoms with Crippen LogP contribution in [0, 0.1) is 3.57 Å². The molecule has 2 amide bonds. The minimum Gasteiger partial charge on any atom is -0.350 e. The number of carbonyl (C=O) groups is 2. The van der Waals surface area contributed by atoms with Crippen LogP contribution in [0.3, 0.4) is 0 Å². The van der Waals surface area contributed by atoms with Gasteiger partial charge in [-0.05, 0) is 71.1 Å². The summed E-state index contributed by atoms with van der Waals surface area (Å²) < 4.78 is 38.4. The van der Waals surface area contributed by atoms with E-state index in [4.69, 9.17) is 0 Å². The lowest BCUT2D eigenvalue weighted by atomic mass is 10.1. The molecule has 0 spiro atoms. The smallest absolute Gasteiger partial charge is 0.350 e. The van der Waals surface area contributed by atoms with Crippen LogP contribution in [0.5, 0.6) is 0 Å². The van der Waals surface area contributed by atoms with E-state index < -0.39 is 17.6 Å². The van der Waals surface area contributed by atoms with Gasteiger partial charge in [0.15, 0.2) is 0 Å². The van der Waals surface area contributed by atoms with Crippen molar-refractivity contribution in [3.05, 3.63) is 68.8 Å². The van der Waals surface area contributed by atoms with E-state index in [1.807, 2.05) is 12.1 Å². The molecule has 0 aliphatic rings. The number of alkyl halides is 3. The average Bonchev–Trinajstić information content (AvgIpc) is 2.58. The van der Waals surface area contributed by atoms with Crippen LogP contribution in [0.4, 0.5) is 13.2 Å². The van der Waals surface area contributed by atoms with Gasteiger partial charge in [0.05, 0.1) is 5.56 Å². The molecule has 2 aromatic rings. The Hall–Kier alpha value is -2.10. The van der Waals surface area contributed by atoms with Gasteiger partial charge in [0.1, 0.15) is 0 Å². The molecule has 0 atom stereocenters. The molecule has 0 fully saturated rings. The minimum absolute atomic E-state index is 0.122. The molecule has 2 aromatic carbocycles. The highest BCUT2D eigenvalue weighted by Crippen LogP contribution is 2.29. The fraction of sp³-hybridized carbons (Fsp3) is 0.176. The number of nitrogens with one attached hydrogen (secondary N) is 2. The second-order valence-electron chi connectivity index (χ2n) is 5.09. The third-order valence-corrected chi connectivity index (χ3v) is 4.00. The summed E-state index contributed by atoms with van der Waals surface area (Å²) >= 11 is 2.13. The molecule has 0 aliphatic carbocycles. The topological polar surface area (TPSA) is 58.2 Å². The van der Waals surface area contributed by atoms with Crippen molar-refractivity contribution in [1.29, 1.82) is 0 Å². The van der Waals surface area contributed by atoms with E-state index >= 15 is 0 Å². The monoisotopic (exact) mass is 462 g/mol. The van der Waals surface area contributed by atoms with Crippen LogP contribution < -0.4 is 10.6 Å². The number of benzene rings is 2. The number of amides is 2. The highest BCUT2D eigenvalue weighted by Gasteiger charge is 2.30. The molecule has 4 nitrogen and oxygen atoms in total. The molecular weight excluding hydrogens is 448 g/mol. The molecule has 0 unspecified atom stereocenters. The van der Waals surface area contributed by atoms with E-state index in [9.17, 15) is 22.8 Å². The third kappa shape index (κ3) is 5.73. The highest BCUT2D eigenvalue weighted by molar-refractivity contribution is 14.1. The summed E-state index contributed by atoms with van der Waals surface area (Å²) in [5.41, 5.74) is -0.180. The van der Waals surface area contributed by atoms with Crippen molar-refractivity contribution in [2.24, 2.45) is 0 Å². The first kappa shape index (κ1) is 19.2. The Balaban J connectivity index is 1.78. The molecule has 0 radical (unpaired) electrons. The van der Waals surface area contributed by atoms with Gasteiger partial charge in [0.25, 0.3) is 11.8 Å². The number of hydrogen-bond donors (Lipinski definition) is 2. The lowest BCUT2D eigenvalue weighted by molar-refractivity contribution is -0.137. The molecule has 0 aliphatic heterocycles. The van der Waals surface area contributed by atoms with Crippen LogP contribution >= 0.6 is 22.6 Å². The normalized spacial score (nSPS) is 11.0. The molecule has 132 valence electrons. The summed E-state index contributed by atoms with van der Waals surface area (Å²) in [5.74, 6) is -0.766. The number of rotatable bonds is 5. The predicted molar refractivity (Wildman–Crippen MR) is 95.3 cm³/mol. The van der Waals surface area contributed by atoms with E-state index in [0.29, 0.717) is 5.56 Å². The first-order valence-electron chi connectivity index (χ1n) is 7.26. The van der Waals surface area contributed by atoms with Crippen LogP contribution in [-0.2, 0) is 6.18 Å².